The maximum atomic E-state index is 11.1. The average molecular weight is 258 g/mol. The average Bonchev–Trinajstić information content (AvgIpc) is 2.23. The van der Waals surface area contributed by atoms with Crippen LogP contribution in [0, 0.1) is 19.9 Å². The Bertz CT molecular complexity index is 453. The van der Waals surface area contributed by atoms with Crippen LogP contribution in [0.2, 0.25) is 0 Å². The van der Waals surface area contributed by atoms with E-state index in [0.717, 1.165) is 0 Å². The Labute approximate surface area is 101 Å². The second-order valence-corrected chi connectivity index (χ2v) is 5.57. The van der Waals surface area contributed by atoms with E-state index in [1.807, 2.05) is 0 Å². The van der Waals surface area contributed by atoms with Gasteiger partial charge in [0.1, 0.15) is 0 Å². The van der Waals surface area contributed by atoms with Crippen LogP contribution in [0.1, 0.15) is 17.8 Å². The number of nitrogens with one attached hydrogen (secondary N) is 1. The molecule has 1 radical (unpaired) electrons. The summed E-state index contributed by atoms with van der Waals surface area (Å²) in [7, 11) is -1.78. The number of hydrogen-bond donors (Lipinski definition) is 1. The minimum absolute atomic E-state index is 0.0282. The molecule has 0 aliphatic carbocycles. The van der Waals surface area contributed by atoms with Crippen LogP contribution in [0.3, 0.4) is 0 Å². The van der Waals surface area contributed by atoms with Crippen molar-refractivity contribution in [2.75, 3.05) is 19.4 Å². The highest BCUT2D eigenvalue weighted by atomic mass is 32.2. The van der Waals surface area contributed by atoms with Gasteiger partial charge in [-0.25, -0.2) is 13.1 Å². The molecule has 0 aromatic carbocycles. The molecule has 0 atom stereocenters. The van der Waals surface area contributed by atoms with E-state index in [0.29, 0.717) is 17.8 Å². The number of sulfonamides is 1. The van der Waals surface area contributed by atoms with E-state index in [1.54, 1.807) is 13.8 Å². The second-order valence-electron chi connectivity index (χ2n) is 3.53. The summed E-state index contributed by atoms with van der Waals surface area (Å²) in [6.07, 6.45) is 0.392. The summed E-state index contributed by atoms with van der Waals surface area (Å²) in [5.41, 5.74) is 1.41. The Morgan fingerprint density at radius 3 is 2.41 bits per heavy atom. The molecule has 17 heavy (non-hydrogen) atoms. The second kappa shape index (κ2) is 5.92. The third kappa shape index (κ3) is 5.10. The van der Waals surface area contributed by atoms with Crippen molar-refractivity contribution in [1.29, 1.82) is 0 Å². The molecule has 0 fully saturated rings. The van der Waals surface area contributed by atoms with E-state index in [2.05, 4.69) is 20.8 Å². The zero-order chi connectivity index (χ0) is 12.9. The molecule has 0 unspecified atom stereocenters. The molecule has 0 saturated carbocycles. The standard InChI is InChI=1S/C10H16N3O3S/c1-8-7-9(2)13-10(12-8)16-5-4-6-17(14,15)11-3/h11H,4-6H2,1-3H3. The Hall–Kier alpha value is -1.21. The van der Waals surface area contributed by atoms with Crippen LogP contribution in [-0.4, -0.2) is 37.8 Å². The molecule has 0 saturated heterocycles. The summed E-state index contributed by atoms with van der Waals surface area (Å²) in [6, 6.07) is 3.19. The van der Waals surface area contributed by atoms with Gasteiger partial charge in [-0.1, -0.05) is 0 Å². The van der Waals surface area contributed by atoms with Gasteiger partial charge in [0.2, 0.25) is 10.0 Å². The maximum Gasteiger partial charge on any atom is 0.316 e. The summed E-state index contributed by atoms with van der Waals surface area (Å²) in [4.78, 5) is 8.07. The predicted octanol–water partition coefficient (Wildman–Crippen LogP) is 0.212. The summed E-state index contributed by atoms with van der Waals surface area (Å²) >= 11 is 0. The monoisotopic (exact) mass is 258 g/mol. The molecule has 0 aliphatic rings. The van der Waals surface area contributed by atoms with Crippen LogP contribution in [0.5, 0.6) is 6.01 Å². The minimum Gasteiger partial charge on any atom is -0.463 e. The maximum absolute atomic E-state index is 11.1. The highest BCUT2D eigenvalue weighted by Crippen LogP contribution is 2.05. The van der Waals surface area contributed by atoms with Gasteiger partial charge in [0.25, 0.3) is 0 Å². The van der Waals surface area contributed by atoms with Crippen LogP contribution < -0.4 is 9.46 Å². The molecular formula is C10H16N3O3S. The number of rotatable bonds is 6. The number of ether oxygens (including phenoxy) is 1. The third-order valence-corrected chi connectivity index (χ3v) is 3.44. The first kappa shape index (κ1) is 13.9. The lowest BCUT2D eigenvalue weighted by atomic mass is 10.4. The van der Waals surface area contributed by atoms with E-state index in [-0.39, 0.29) is 18.4 Å². The zero-order valence-corrected chi connectivity index (χ0v) is 11.0. The Morgan fingerprint density at radius 1 is 1.29 bits per heavy atom. The Kier molecular flexibility index (Phi) is 4.83. The van der Waals surface area contributed by atoms with Crippen LogP contribution >= 0.6 is 0 Å². The molecule has 7 heteroatoms. The SMILES string of the molecule is CNS(=O)(=O)CCCOc1nc(C)[c]c(C)n1. The van der Waals surface area contributed by atoms with Gasteiger partial charge in [0.15, 0.2) is 0 Å². The molecule has 0 bridgehead atoms. The van der Waals surface area contributed by atoms with Crippen LogP contribution in [-0.2, 0) is 10.0 Å². The predicted molar refractivity (Wildman–Crippen MR) is 63.3 cm³/mol. The Morgan fingerprint density at radius 2 is 1.88 bits per heavy atom. The Balaban J connectivity index is 2.41. The molecular weight excluding hydrogens is 242 g/mol. The van der Waals surface area contributed by atoms with Crippen molar-refractivity contribution in [3.63, 3.8) is 0 Å². The van der Waals surface area contributed by atoms with Crippen LogP contribution in [0.25, 0.3) is 0 Å². The summed E-state index contributed by atoms with van der Waals surface area (Å²) in [6.45, 7) is 3.86. The molecule has 95 valence electrons. The third-order valence-electron chi connectivity index (χ3n) is 1.99. The van der Waals surface area contributed by atoms with Gasteiger partial charge >= 0.3 is 6.01 Å². The van der Waals surface area contributed by atoms with Crippen molar-refractivity contribution >= 4 is 10.0 Å². The first-order valence-corrected chi connectivity index (χ1v) is 6.87. The minimum atomic E-state index is -3.17. The summed E-state index contributed by atoms with van der Waals surface area (Å²) in [5.74, 6) is 0.0282. The van der Waals surface area contributed by atoms with E-state index in [4.69, 9.17) is 4.74 Å². The van der Waals surface area contributed by atoms with Crippen molar-refractivity contribution in [1.82, 2.24) is 14.7 Å². The fourth-order valence-electron chi connectivity index (χ4n) is 1.21. The van der Waals surface area contributed by atoms with Gasteiger partial charge in [-0.15, -0.1) is 0 Å². The topological polar surface area (TPSA) is 81.2 Å². The molecule has 0 spiro atoms. The first-order chi connectivity index (χ1) is 7.93. The molecule has 1 N–H and O–H groups in total. The van der Waals surface area contributed by atoms with E-state index < -0.39 is 10.0 Å². The van der Waals surface area contributed by atoms with Crippen molar-refractivity contribution < 1.29 is 13.2 Å². The normalized spacial score (nSPS) is 11.5. The highest BCUT2D eigenvalue weighted by Gasteiger charge is 2.07. The lowest BCUT2D eigenvalue weighted by Crippen LogP contribution is -2.23. The lowest BCUT2D eigenvalue weighted by molar-refractivity contribution is 0.291. The van der Waals surface area contributed by atoms with Gasteiger partial charge in [-0.05, 0) is 27.3 Å². The van der Waals surface area contributed by atoms with Crippen LogP contribution in [0.15, 0.2) is 0 Å². The molecule has 1 rings (SSSR count). The quantitative estimate of drug-likeness (QED) is 0.738. The zero-order valence-electron chi connectivity index (χ0n) is 10.1. The fraction of sp³-hybridized carbons (Fsp3) is 0.600. The number of hydrogen-bond acceptors (Lipinski definition) is 5. The summed E-state index contributed by atoms with van der Waals surface area (Å²) < 4.78 is 29.7. The van der Waals surface area contributed by atoms with E-state index in [9.17, 15) is 8.42 Å². The fourth-order valence-corrected chi connectivity index (χ4v) is 1.91. The van der Waals surface area contributed by atoms with Gasteiger partial charge in [-0.2, -0.15) is 9.97 Å². The molecule has 0 aliphatic heterocycles. The molecule has 1 aromatic heterocycles. The summed E-state index contributed by atoms with van der Waals surface area (Å²) in [5, 5.41) is 0. The van der Waals surface area contributed by atoms with Crippen molar-refractivity contribution in [3.8, 4) is 6.01 Å². The van der Waals surface area contributed by atoms with Gasteiger partial charge in [-0.3, -0.25) is 0 Å². The highest BCUT2D eigenvalue weighted by molar-refractivity contribution is 7.89. The lowest BCUT2D eigenvalue weighted by Gasteiger charge is -2.05. The van der Waals surface area contributed by atoms with Crippen molar-refractivity contribution in [2.45, 2.75) is 20.3 Å². The van der Waals surface area contributed by atoms with Crippen molar-refractivity contribution in [3.05, 3.63) is 17.5 Å². The van der Waals surface area contributed by atoms with Crippen molar-refractivity contribution in [2.24, 2.45) is 0 Å². The number of aryl methyl sites for hydroxylation is 2. The molecule has 6 nitrogen and oxygen atoms in total. The molecule has 1 heterocycles. The first-order valence-electron chi connectivity index (χ1n) is 5.21. The van der Waals surface area contributed by atoms with Gasteiger partial charge in [0.05, 0.1) is 23.7 Å². The van der Waals surface area contributed by atoms with Crippen LogP contribution in [0.4, 0.5) is 0 Å². The molecule has 1 aromatic rings. The number of aromatic nitrogens is 2. The number of nitrogens with zero attached hydrogens (tertiary/aromatic N) is 2. The molecule has 0 amide bonds. The largest absolute Gasteiger partial charge is 0.463 e. The van der Waals surface area contributed by atoms with Gasteiger partial charge in [0, 0.05) is 6.07 Å². The van der Waals surface area contributed by atoms with E-state index in [1.165, 1.54) is 7.05 Å². The van der Waals surface area contributed by atoms with Gasteiger partial charge < -0.3 is 4.74 Å². The smallest absolute Gasteiger partial charge is 0.316 e. The van der Waals surface area contributed by atoms with E-state index >= 15 is 0 Å².